The molecule has 2 heterocycles. The molecule has 0 saturated carbocycles. The molecule has 0 aliphatic heterocycles. The zero-order valence-electron chi connectivity index (χ0n) is 7.57. The van der Waals surface area contributed by atoms with Gasteiger partial charge >= 0.3 is 5.76 Å². The smallest absolute Gasteiger partial charge is 0.406 e. The summed E-state index contributed by atoms with van der Waals surface area (Å²) in [6.07, 6.45) is 1.67. The quantitative estimate of drug-likeness (QED) is 0.635. The Morgan fingerprint density at radius 3 is 3.27 bits per heavy atom. The Hall–Kier alpha value is -2.53. The van der Waals surface area contributed by atoms with Gasteiger partial charge in [-0.05, 0) is 0 Å². The molecular weight excluding hydrogens is 194 g/mol. The predicted octanol–water partition coefficient (Wildman–Crippen LogP) is 0.781. The molecule has 0 saturated heterocycles. The number of fused-ring (bicyclic) bond motifs is 1. The van der Waals surface area contributed by atoms with Gasteiger partial charge in [-0.25, -0.2) is 9.78 Å². The zero-order chi connectivity index (χ0) is 10.7. The van der Waals surface area contributed by atoms with Crippen LogP contribution in [-0.2, 0) is 0 Å². The molecule has 5 heteroatoms. The molecule has 2 rings (SSSR count). The Morgan fingerprint density at radius 1 is 1.60 bits per heavy atom. The highest BCUT2D eigenvalue weighted by atomic mass is 16.4. The molecule has 0 aliphatic carbocycles. The summed E-state index contributed by atoms with van der Waals surface area (Å²) in [6.45, 7) is 0. The van der Waals surface area contributed by atoms with E-state index < -0.39 is 5.76 Å². The first-order chi connectivity index (χ1) is 7.29. The normalized spacial score (nSPS) is 9.27. The molecule has 0 radical (unpaired) electrons. The molecule has 0 bridgehead atoms. The molecule has 0 unspecified atom stereocenters. The fraction of sp³-hybridized carbons (Fsp3) is 0.100. The van der Waals surface area contributed by atoms with E-state index in [1.165, 1.54) is 6.20 Å². The van der Waals surface area contributed by atoms with E-state index in [1.54, 1.807) is 6.07 Å². The molecule has 2 aromatic heterocycles. The Bertz CT molecular complexity index is 649. The van der Waals surface area contributed by atoms with Crippen molar-refractivity contribution in [1.29, 1.82) is 5.26 Å². The van der Waals surface area contributed by atoms with Crippen molar-refractivity contribution in [3.63, 3.8) is 0 Å². The molecular formula is C10H5N3O2. The molecule has 0 spiro atoms. The lowest BCUT2D eigenvalue weighted by atomic mass is 10.3. The molecule has 2 aromatic rings. The van der Waals surface area contributed by atoms with Gasteiger partial charge in [-0.2, -0.15) is 5.26 Å². The van der Waals surface area contributed by atoms with Crippen LogP contribution in [0.4, 0.5) is 0 Å². The summed E-state index contributed by atoms with van der Waals surface area (Å²) in [4.78, 5) is 17.2. The van der Waals surface area contributed by atoms with Gasteiger partial charge < -0.3 is 4.42 Å². The van der Waals surface area contributed by atoms with Crippen molar-refractivity contribution in [2.24, 2.45) is 0 Å². The maximum absolute atomic E-state index is 10.8. The molecule has 0 fully saturated rings. The second kappa shape index (κ2) is 3.69. The summed E-state index contributed by atoms with van der Waals surface area (Å²) in [7, 11) is 0. The van der Waals surface area contributed by atoms with Crippen LogP contribution in [0.3, 0.4) is 0 Å². The summed E-state index contributed by atoms with van der Waals surface area (Å²) in [5.74, 6) is 4.84. The third-order valence-corrected chi connectivity index (χ3v) is 1.68. The summed E-state index contributed by atoms with van der Waals surface area (Å²) < 4.78 is 4.81. The Kier molecular flexibility index (Phi) is 2.22. The average molecular weight is 199 g/mol. The van der Waals surface area contributed by atoms with Gasteiger partial charge in [0.25, 0.3) is 0 Å². The fourth-order valence-corrected chi connectivity index (χ4v) is 1.09. The molecule has 0 aromatic carbocycles. The van der Waals surface area contributed by atoms with Crippen LogP contribution in [-0.4, -0.2) is 9.97 Å². The minimum atomic E-state index is -0.542. The van der Waals surface area contributed by atoms with Crippen LogP contribution in [0.15, 0.2) is 21.5 Å². The minimum Gasteiger partial charge on any atom is -0.406 e. The number of rotatable bonds is 0. The molecule has 5 nitrogen and oxygen atoms in total. The SMILES string of the molecule is N#CCC#Cc1cnc2[nH]c(=O)oc2c1. The lowest BCUT2D eigenvalue weighted by molar-refractivity contribution is 0.555. The Labute approximate surface area is 84.4 Å². The van der Waals surface area contributed by atoms with Crippen molar-refractivity contribution in [2.75, 3.05) is 0 Å². The Morgan fingerprint density at radius 2 is 2.47 bits per heavy atom. The van der Waals surface area contributed by atoms with E-state index in [0.29, 0.717) is 16.8 Å². The first-order valence-corrected chi connectivity index (χ1v) is 4.14. The topological polar surface area (TPSA) is 82.7 Å². The number of oxazole rings is 1. The molecule has 15 heavy (non-hydrogen) atoms. The van der Waals surface area contributed by atoms with E-state index in [9.17, 15) is 4.79 Å². The number of nitrogens with zero attached hydrogens (tertiary/aromatic N) is 2. The van der Waals surface area contributed by atoms with Gasteiger partial charge in [0.05, 0.1) is 12.5 Å². The third kappa shape index (κ3) is 1.87. The number of H-pyrrole nitrogens is 1. The van der Waals surface area contributed by atoms with Gasteiger partial charge in [0, 0.05) is 17.8 Å². The van der Waals surface area contributed by atoms with Gasteiger partial charge in [-0.1, -0.05) is 11.8 Å². The van der Waals surface area contributed by atoms with Crippen molar-refractivity contribution in [3.8, 4) is 17.9 Å². The molecule has 1 N–H and O–H groups in total. The van der Waals surface area contributed by atoms with Crippen LogP contribution < -0.4 is 5.76 Å². The Balaban J connectivity index is 2.44. The maximum Gasteiger partial charge on any atom is 0.418 e. The van der Waals surface area contributed by atoms with Crippen molar-refractivity contribution in [1.82, 2.24) is 9.97 Å². The van der Waals surface area contributed by atoms with Gasteiger partial charge in [-0.15, -0.1) is 0 Å². The minimum absolute atomic E-state index is 0.162. The van der Waals surface area contributed by atoms with Crippen LogP contribution in [0.2, 0.25) is 0 Å². The highest BCUT2D eigenvalue weighted by Gasteiger charge is 2.01. The third-order valence-electron chi connectivity index (χ3n) is 1.68. The fourth-order valence-electron chi connectivity index (χ4n) is 1.09. The number of hydrogen-bond acceptors (Lipinski definition) is 4. The summed E-state index contributed by atoms with van der Waals surface area (Å²) >= 11 is 0. The summed E-state index contributed by atoms with van der Waals surface area (Å²) in [5.41, 5.74) is 1.37. The lowest BCUT2D eigenvalue weighted by Crippen LogP contribution is -1.93. The highest BCUT2D eigenvalue weighted by molar-refractivity contribution is 5.68. The van der Waals surface area contributed by atoms with Gasteiger partial charge in [0.15, 0.2) is 11.2 Å². The first-order valence-electron chi connectivity index (χ1n) is 4.14. The van der Waals surface area contributed by atoms with Crippen LogP contribution in [0.1, 0.15) is 12.0 Å². The number of nitrogens with one attached hydrogen (secondary N) is 1. The van der Waals surface area contributed by atoms with E-state index in [4.69, 9.17) is 9.68 Å². The van der Waals surface area contributed by atoms with Gasteiger partial charge in [0.2, 0.25) is 0 Å². The standard InChI is InChI=1S/C10H5N3O2/c11-4-2-1-3-7-5-8-9(12-6-7)13-10(14)15-8/h5-6H,2H2,(H,12,13,14). The number of aromatic nitrogens is 2. The number of aromatic amines is 1. The van der Waals surface area contributed by atoms with E-state index in [2.05, 4.69) is 21.8 Å². The van der Waals surface area contributed by atoms with Crippen LogP contribution in [0.5, 0.6) is 0 Å². The van der Waals surface area contributed by atoms with E-state index >= 15 is 0 Å². The van der Waals surface area contributed by atoms with Crippen LogP contribution in [0, 0.1) is 23.2 Å². The van der Waals surface area contributed by atoms with E-state index in [-0.39, 0.29) is 6.42 Å². The monoisotopic (exact) mass is 199 g/mol. The molecule has 0 atom stereocenters. The van der Waals surface area contributed by atoms with Gasteiger partial charge in [0.1, 0.15) is 0 Å². The highest BCUT2D eigenvalue weighted by Crippen LogP contribution is 2.07. The summed E-state index contributed by atoms with van der Waals surface area (Å²) in [5, 5.41) is 8.29. The van der Waals surface area contributed by atoms with Crippen molar-refractivity contribution in [3.05, 3.63) is 28.4 Å². The van der Waals surface area contributed by atoms with E-state index in [1.807, 2.05) is 6.07 Å². The number of pyridine rings is 1. The van der Waals surface area contributed by atoms with Crippen molar-refractivity contribution in [2.45, 2.75) is 6.42 Å². The second-order valence-corrected chi connectivity index (χ2v) is 2.72. The van der Waals surface area contributed by atoms with Crippen LogP contribution in [0.25, 0.3) is 11.2 Å². The lowest BCUT2D eigenvalue weighted by Gasteiger charge is -1.87. The van der Waals surface area contributed by atoms with Crippen molar-refractivity contribution < 1.29 is 4.42 Å². The largest absolute Gasteiger partial charge is 0.418 e. The number of hydrogen-bond donors (Lipinski definition) is 1. The predicted molar refractivity (Wildman–Crippen MR) is 51.7 cm³/mol. The molecule has 0 aliphatic rings. The first kappa shape index (κ1) is 9.04. The molecule has 72 valence electrons. The van der Waals surface area contributed by atoms with Gasteiger partial charge in [-0.3, -0.25) is 4.98 Å². The average Bonchev–Trinajstić information content (AvgIpc) is 2.57. The number of nitriles is 1. The second-order valence-electron chi connectivity index (χ2n) is 2.72. The van der Waals surface area contributed by atoms with E-state index in [0.717, 1.165) is 0 Å². The molecule has 0 amide bonds. The maximum atomic E-state index is 10.8. The van der Waals surface area contributed by atoms with Crippen molar-refractivity contribution >= 4 is 11.2 Å². The van der Waals surface area contributed by atoms with Crippen LogP contribution >= 0.6 is 0 Å². The zero-order valence-corrected chi connectivity index (χ0v) is 7.57. The summed E-state index contributed by atoms with van der Waals surface area (Å²) in [6, 6.07) is 3.51.